The SMILES string of the molecule is NC(=O)C(O)(O)C(=O)NCc1ccccc1. The summed E-state index contributed by atoms with van der Waals surface area (Å²) >= 11 is 0. The summed E-state index contributed by atoms with van der Waals surface area (Å²) in [6, 6.07) is 8.81. The van der Waals surface area contributed by atoms with Crippen LogP contribution in [0.15, 0.2) is 30.3 Å². The third-order valence-corrected chi connectivity index (χ3v) is 1.96. The molecule has 0 unspecified atom stereocenters. The smallest absolute Gasteiger partial charge is 0.326 e. The van der Waals surface area contributed by atoms with E-state index in [0.29, 0.717) is 0 Å². The lowest BCUT2D eigenvalue weighted by Crippen LogP contribution is -2.55. The van der Waals surface area contributed by atoms with Crippen LogP contribution in [0.2, 0.25) is 0 Å². The number of benzene rings is 1. The Kier molecular flexibility index (Phi) is 3.60. The van der Waals surface area contributed by atoms with E-state index < -0.39 is 17.6 Å². The lowest BCUT2D eigenvalue weighted by atomic mass is 10.2. The van der Waals surface area contributed by atoms with Crippen molar-refractivity contribution in [2.45, 2.75) is 12.3 Å². The van der Waals surface area contributed by atoms with E-state index in [0.717, 1.165) is 5.56 Å². The second-order valence-corrected chi connectivity index (χ2v) is 3.20. The quantitative estimate of drug-likeness (QED) is 0.367. The molecule has 6 heteroatoms. The minimum atomic E-state index is -3.17. The predicted octanol–water partition coefficient (Wildman–Crippen LogP) is -1.53. The van der Waals surface area contributed by atoms with Gasteiger partial charge in [0.05, 0.1) is 0 Å². The Bertz CT molecular complexity index is 389. The maximum absolute atomic E-state index is 11.2. The molecule has 6 nitrogen and oxygen atoms in total. The summed E-state index contributed by atoms with van der Waals surface area (Å²) in [5, 5.41) is 20.2. The Morgan fingerprint density at radius 1 is 1.25 bits per heavy atom. The molecular formula is C10H12N2O4. The van der Waals surface area contributed by atoms with Crippen molar-refractivity contribution in [3.05, 3.63) is 35.9 Å². The van der Waals surface area contributed by atoms with Gasteiger partial charge in [-0.3, -0.25) is 9.59 Å². The van der Waals surface area contributed by atoms with Crippen molar-refractivity contribution in [3.63, 3.8) is 0 Å². The summed E-state index contributed by atoms with van der Waals surface area (Å²) in [4.78, 5) is 21.7. The van der Waals surface area contributed by atoms with Gasteiger partial charge in [0, 0.05) is 6.54 Å². The highest BCUT2D eigenvalue weighted by Crippen LogP contribution is 2.01. The molecule has 0 fully saturated rings. The molecule has 0 bridgehead atoms. The van der Waals surface area contributed by atoms with E-state index in [1.807, 2.05) is 0 Å². The summed E-state index contributed by atoms with van der Waals surface area (Å²) in [5.41, 5.74) is 5.40. The molecule has 1 aromatic rings. The lowest BCUT2D eigenvalue weighted by molar-refractivity contribution is -0.190. The first kappa shape index (κ1) is 12.2. The normalized spacial score (nSPS) is 10.9. The zero-order valence-corrected chi connectivity index (χ0v) is 8.38. The van der Waals surface area contributed by atoms with Crippen LogP contribution in [0.3, 0.4) is 0 Å². The average Bonchev–Trinajstić information content (AvgIpc) is 2.27. The minimum absolute atomic E-state index is 0.0792. The maximum atomic E-state index is 11.2. The van der Waals surface area contributed by atoms with Crippen LogP contribution in [0.5, 0.6) is 0 Å². The second kappa shape index (κ2) is 4.73. The molecule has 16 heavy (non-hydrogen) atoms. The zero-order chi connectivity index (χ0) is 12.2. The van der Waals surface area contributed by atoms with Crippen molar-refractivity contribution in [3.8, 4) is 0 Å². The number of aliphatic hydroxyl groups is 2. The van der Waals surface area contributed by atoms with Gasteiger partial charge in [0.2, 0.25) is 0 Å². The molecule has 0 heterocycles. The van der Waals surface area contributed by atoms with E-state index in [9.17, 15) is 9.59 Å². The number of hydrogen-bond acceptors (Lipinski definition) is 4. The van der Waals surface area contributed by atoms with E-state index in [4.69, 9.17) is 10.2 Å². The van der Waals surface area contributed by atoms with Gasteiger partial charge in [0.15, 0.2) is 0 Å². The molecule has 0 aliphatic rings. The van der Waals surface area contributed by atoms with Gasteiger partial charge in [-0.1, -0.05) is 30.3 Å². The highest BCUT2D eigenvalue weighted by atomic mass is 16.5. The molecule has 0 aliphatic carbocycles. The van der Waals surface area contributed by atoms with Gasteiger partial charge in [-0.25, -0.2) is 0 Å². The first-order valence-corrected chi connectivity index (χ1v) is 4.51. The number of nitrogens with one attached hydrogen (secondary N) is 1. The van der Waals surface area contributed by atoms with E-state index in [1.54, 1.807) is 30.3 Å². The molecule has 0 saturated heterocycles. The molecule has 86 valence electrons. The second-order valence-electron chi connectivity index (χ2n) is 3.20. The van der Waals surface area contributed by atoms with Crippen LogP contribution in [0.4, 0.5) is 0 Å². The van der Waals surface area contributed by atoms with Gasteiger partial charge in [0.25, 0.3) is 11.8 Å². The van der Waals surface area contributed by atoms with E-state index in [1.165, 1.54) is 0 Å². The molecule has 0 spiro atoms. The Morgan fingerprint density at radius 3 is 2.31 bits per heavy atom. The molecule has 1 rings (SSSR count). The number of nitrogens with two attached hydrogens (primary N) is 1. The number of rotatable bonds is 4. The van der Waals surface area contributed by atoms with Crippen molar-refractivity contribution >= 4 is 11.8 Å². The summed E-state index contributed by atoms with van der Waals surface area (Å²) in [5.74, 6) is -5.93. The van der Waals surface area contributed by atoms with Crippen molar-refractivity contribution in [2.24, 2.45) is 5.73 Å². The summed E-state index contributed by atoms with van der Waals surface area (Å²) < 4.78 is 0. The van der Waals surface area contributed by atoms with Crippen LogP contribution in [-0.4, -0.2) is 27.8 Å². The molecule has 1 aromatic carbocycles. The number of hydrogen-bond donors (Lipinski definition) is 4. The van der Waals surface area contributed by atoms with Gasteiger partial charge in [-0.05, 0) is 5.56 Å². The predicted molar refractivity (Wildman–Crippen MR) is 54.7 cm³/mol. The molecule has 0 atom stereocenters. The molecule has 5 N–H and O–H groups in total. The molecule has 0 saturated carbocycles. The number of carbonyl (C=O) groups is 2. The van der Waals surface area contributed by atoms with Gasteiger partial charge >= 0.3 is 5.79 Å². The molecular weight excluding hydrogens is 212 g/mol. The van der Waals surface area contributed by atoms with Crippen LogP contribution < -0.4 is 11.1 Å². The Morgan fingerprint density at radius 2 is 1.81 bits per heavy atom. The lowest BCUT2D eigenvalue weighted by Gasteiger charge is -2.16. The van der Waals surface area contributed by atoms with Crippen molar-refractivity contribution in [2.75, 3.05) is 0 Å². The van der Waals surface area contributed by atoms with Gasteiger partial charge in [-0.2, -0.15) is 0 Å². The van der Waals surface area contributed by atoms with Crippen molar-refractivity contribution < 1.29 is 19.8 Å². The van der Waals surface area contributed by atoms with Crippen LogP contribution >= 0.6 is 0 Å². The summed E-state index contributed by atoms with van der Waals surface area (Å²) in [7, 11) is 0. The largest absolute Gasteiger partial charge is 0.364 e. The minimum Gasteiger partial charge on any atom is -0.364 e. The van der Waals surface area contributed by atoms with Crippen LogP contribution in [0, 0.1) is 0 Å². The molecule has 0 radical (unpaired) electrons. The van der Waals surface area contributed by atoms with Gasteiger partial charge < -0.3 is 21.3 Å². The van der Waals surface area contributed by atoms with Crippen molar-refractivity contribution in [1.82, 2.24) is 5.32 Å². The highest BCUT2D eigenvalue weighted by molar-refractivity contribution is 6.05. The fourth-order valence-electron chi connectivity index (χ4n) is 1.01. The number of primary amides is 1. The van der Waals surface area contributed by atoms with Gasteiger partial charge in [0.1, 0.15) is 0 Å². The third-order valence-electron chi connectivity index (χ3n) is 1.96. The Balaban J connectivity index is 2.57. The van der Waals surface area contributed by atoms with E-state index in [-0.39, 0.29) is 6.54 Å². The van der Waals surface area contributed by atoms with Crippen LogP contribution in [0.1, 0.15) is 5.56 Å². The van der Waals surface area contributed by atoms with Crippen LogP contribution in [-0.2, 0) is 16.1 Å². The summed E-state index contributed by atoms with van der Waals surface area (Å²) in [6.07, 6.45) is 0. The fourth-order valence-corrected chi connectivity index (χ4v) is 1.01. The first-order valence-electron chi connectivity index (χ1n) is 4.51. The molecule has 2 amide bonds. The molecule has 0 aromatic heterocycles. The molecule has 0 aliphatic heterocycles. The summed E-state index contributed by atoms with van der Waals surface area (Å²) in [6.45, 7) is 0.0792. The third kappa shape index (κ3) is 2.78. The topological polar surface area (TPSA) is 113 Å². The number of carbonyl (C=O) groups excluding carboxylic acids is 2. The van der Waals surface area contributed by atoms with E-state index >= 15 is 0 Å². The monoisotopic (exact) mass is 224 g/mol. The zero-order valence-electron chi connectivity index (χ0n) is 8.38. The van der Waals surface area contributed by atoms with Crippen molar-refractivity contribution in [1.29, 1.82) is 0 Å². The first-order chi connectivity index (χ1) is 7.44. The average molecular weight is 224 g/mol. The standard InChI is InChI=1S/C10H12N2O4/c11-8(13)10(15,16)9(14)12-6-7-4-2-1-3-5-7/h1-5,15-16H,6H2,(H2,11,13)(H,12,14). The van der Waals surface area contributed by atoms with E-state index in [2.05, 4.69) is 11.1 Å². The van der Waals surface area contributed by atoms with Gasteiger partial charge in [-0.15, -0.1) is 0 Å². The maximum Gasteiger partial charge on any atom is 0.326 e. The van der Waals surface area contributed by atoms with Crippen LogP contribution in [0.25, 0.3) is 0 Å². The Labute approximate surface area is 91.7 Å². The highest BCUT2D eigenvalue weighted by Gasteiger charge is 2.39. The Hall–Kier alpha value is -1.92. The number of amides is 2. The fraction of sp³-hybridized carbons (Fsp3) is 0.200.